The first-order valence-electron chi connectivity index (χ1n) is 4.35. The molecule has 0 heterocycles. The van der Waals surface area contributed by atoms with Crippen LogP contribution in [0, 0.1) is 6.92 Å². The normalized spacial score (nSPS) is 9.79. The molecule has 0 atom stereocenters. The third-order valence-corrected chi connectivity index (χ3v) is 1.95. The molecule has 3 N–H and O–H groups in total. The van der Waals surface area contributed by atoms with Crippen LogP contribution in [-0.4, -0.2) is 22.9 Å². The van der Waals surface area contributed by atoms with Gasteiger partial charge in [-0.15, -0.1) is 0 Å². The molecule has 0 radical (unpaired) electrons. The third-order valence-electron chi connectivity index (χ3n) is 1.95. The molecule has 1 amide bonds. The molecule has 4 nitrogen and oxygen atoms in total. The van der Waals surface area contributed by atoms with Crippen molar-refractivity contribution in [3.63, 3.8) is 0 Å². The summed E-state index contributed by atoms with van der Waals surface area (Å²) in [6, 6.07) is 5.25. The second-order valence-electron chi connectivity index (χ2n) is 3.10. The molecule has 0 bridgehead atoms. The van der Waals surface area contributed by atoms with E-state index in [-0.39, 0.29) is 5.75 Å². The number of benzene rings is 1. The van der Waals surface area contributed by atoms with Gasteiger partial charge in [0.1, 0.15) is 5.75 Å². The van der Waals surface area contributed by atoms with Crippen molar-refractivity contribution in [1.29, 1.82) is 0 Å². The van der Waals surface area contributed by atoms with E-state index >= 15 is 0 Å². The van der Waals surface area contributed by atoms with E-state index in [0.717, 1.165) is 11.1 Å². The first-order chi connectivity index (χ1) is 6.59. The highest BCUT2D eigenvalue weighted by atomic mass is 16.4. The zero-order valence-electron chi connectivity index (χ0n) is 7.95. The number of aryl methyl sites for hydroxylation is 1. The molecule has 0 saturated carbocycles. The summed E-state index contributed by atoms with van der Waals surface area (Å²) < 4.78 is 0. The van der Waals surface area contributed by atoms with Gasteiger partial charge in [0.25, 0.3) is 0 Å². The Morgan fingerprint density at radius 3 is 2.79 bits per heavy atom. The van der Waals surface area contributed by atoms with Crippen molar-refractivity contribution in [3.05, 3.63) is 29.3 Å². The summed E-state index contributed by atoms with van der Waals surface area (Å²) >= 11 is 0. The Morgan fingerprint density at radius 2 is 2.21 bits per heavy atom. The zero-order valence-corrected chi connectivity index (χ0v) is 7.95. The van der Waals surface area contributed by atoms with Crippen LogP contribution < -0.4 is 5.32 Å². The minimum absolute atomic E-state index is 0.264. The van der Waals surface area contributed by atoms with Crippen molar-refractivity contribution in [3.8, 4) is 5.75 Å². The van der Waals surface area contributed by atoms with Gasteiger partial charge in [-0.2, -0.15) is 0 Å². The number of carbonyl (C=O) groups is 1. The molecule has 0 aliphatic carbocycles. The SMILES string of the molecule is Cc1cc(CCNC(=O)O)ccc1O. The second kappa shape index (κ2) is 4.50. The van der Waals surface area contributed by atoms with Crippen molar-refractivity contribution >= 4 is 6.09 Å². The van der Waals surface area contributed by atoms with Gasteiger partial charge < -0.3 is 15.5 Å². The number of hydrogen-bond acceptors (Lipinski definition) is 2. The molecule has 0 saturated heterocycles. The van der Waals surface area contributed by atoms with E-state index < -0.39 is 6.09 Å². The van der Waals surface area contributed by atoms with Crippen LogP contribution in [0.15, 0.2) is 18.2 Å². The van der Waals surface area contributed by atoms with Crippen LogP contribution in [0.2, 0.25) is 0 Å². The van der Waals surface area contributed by atoms with Gasteiger partial charge in [-0.25, -0.2) is 4.79 Å². The smallest absolute Gasteiger partial charge is 0.404 e. The van der Waals surface area contributed by atoms with E-state index in [1.54, 1.807) is 12.1 Å². The maximum Gasteiger partial charge on any atom is 0.404 e. The Morgan fingerprint density at radius 1 is 1.50 bits per heavy atom. The molecule has 0 aromatic heterocycles. The fraction of sp³-hybridized carbons (Fsp3) is 0.300. The Hall–Kier alpha value is -1.71. The third kappa shape index (κ3) is 2.97. The minimum atomic E-state index is -1.01. The lowest BCUT2D eigenvalue weighted by Gasteiger charge is -2.04. The molecule has 0 fully saturated rings. The first-order valence-corrected chi connectivity index (χ1v) is 4.35. The molecule has 0 aliphatic heterocycles. The Bertz CT molecular complexity index is 336. The summed E-state index contributed by atoms with van der Waals surface area (Å²) in [5.74, 6) is 0.264. The van der Waals surface area contributed by atoms with E-state index in [0.29, 0.717) is 13.0 Å². The summed E-state index contributed by atoms with van der Waals surface area (Å²) in [5, 5.41) is 19.9. The molecular formula is C10H13NO3. The zero-order chi connectivity index (χ0) is 10.6. The van der Waals surface area contributed by atoms with Crippen LogP contribution >= 0.6 is 0 Å². The molecule has 14 heavy (non-hydrogen) atoms. The fourth-order valence-electron chi connectivity index (χ4n) is 1.19. The largest absolute Gasteiger partial charge is 0.508 e. The van der Waals surface area contributed by atoms with Crippen molar-refractivity contribution in [2.24, 2.45) is 0 Å². The second-order valence-corrected chi connectivity index (χ2v) is 3.10. The van der Waals surface area contributed by atoms with Gasteiger partial charge >= 0.3 is 6.09 Å². The fourth-order valence-corrected chi connectivity index (χ4v) is 1.19. The predicted molar refractivity (Wildman–Crippen MR) is 52.6 cm³/mol. The predicted octanol–water partition coefficient (Wildman–Crippen LogP) is 1.51. The summed E-state index contributed by atoms with van der Waals surface area (Å²) in [7, 11) is 0. The highest BCUT2D eigenvalue weighted by Gasteiger charge is 1.99. The topological polar surface area (TPSA) is 69.6 Å². The Balaban J connectivity index is 2.51. The van der Waals surface area contributed by atoms with Gasteiger partial charge in [0.05, 0.1) is 0 Å². The average molecular weight is 195 g/mol. The van der Waals surface area contributed by atoms with Gasteiger partial charge in [0.15, 0.2) is 0 Å². The van der Waals surface area contributed by atoms with Crippen LogP contribution in [0.4, 0.5) is 4.79 Å². The number of carboxylic acid groups (broad SMARTS) is 1. The maximum absolute atomic E-state index is 10.2. The first kappa shape index (κ1) is 10.4. The summed E-state index contributed by atoms with van der Waals surface area (Å²) in [4.78, 5) is 10.2. The Labute approximate surface area is 82.2 Å². The van der Waals surface area contributed by atoms with E-state index in [9.17, 15) is 9.90 Å². The highest BCUT2D eigenvalue weighted by molar-refractivity contribution is 5.64. The molecule has 0 spiro atoms. The summed E-state index contributed by atoms with van der Waals surface area (Å²) in [6.07, 6.45) is -0.381. The number of rotatable bonds is 3. The van der Waals surface area contributed by atoms with Crippen molar-refractivity contribution < 1.29 is 15.0 Å². The number of phenolic OH excluding ortho intramolecular Hbond substituents is 1. The number of amides is 1. The maximum atomic E-state index is 10.2. The molecule has 76 valence electrons. The molecule has 1 aromatic carbocycles. The van der Waals surface area contributed by atoms with Crippen molar-refractivity contribution in [1.82, 2.24) is 5.32 Å². The number of hydrogen-bond donors (Lipinski definition) is 3. The molecule has 1 rings (SSSR count). The average Bonchev–Trinajstić information content (AvgIpc) is 2.10. The molecule has 0 aliphatic rings. The lowest BCUT2D eigenvalue weighted by molar-refractivity contribution is 0.194. The van der Waals surface area contributed by atoms with Crippen LogP contribution in [0.1, 0.15) is 11.1 Å². The van der Waals surface area contributed by atoms with Crippen LogP contribution in [0.3, 0.4) is 0 Å². The minimum Gasteiger partial charge on any atom is -0.508 e. The van der Waals surface area contributed by atoms with E-state index in [1.807, 2.05) is 13.0 Å². The lowest BCUT2D eigenvalue weighted by atomic mass is 10.1. The number of phenols is 1. The van der Waals surface area contributed by atoms with Crippen LogP contribution in [0.25, 0.3) is 0 Å². The number of aromatic hydroxyl groups is 1. The Kier molecular flexibility index (Phi) is 3.34. The number of nitrogens with one attached hydrogen (secondary N) is 1. The summed E-state index contributed by atoms with van der Waals surface area (Å²) in [6.45, 7) is 2.20. The van der Waals surface area contributed by atoms with Crippen LogP contribution in [0.5, 0.6) is 5.75 Å². The van der Waals surface area contributed by atoms with Crippen LogP contribution in [-0.2, 0) is 6.42 Å². The van der Waals surface area contributed by atoms with Crippen molar-refractivity contribution in [2.75, 3.05) is 6.54 Å². The van der Waals surface area contributed by atoms with Gasteiger partial charge in [-0.3, -0.25) is 0 Å². The van der Waals surface area contributed by atoms with Gasteiger partial charge in [-0.05, 0) is 30.5 Å². The molecule has 1 aromatic rings. The van der Waals surface area contributed by atoms with E-state index in [4.69, 9.17) is 5.11 Å². The molecule has 0 unspecified atom stereocenters. The van der Waals surface area contributed by atoms with Gasteiger partial charge in [-0.1, -0.05) is 12.1 Å². The molecular weight excluding hydrogens is 182 g/mol. The van der Waals surface area contributed by atoms with Gasteiger partial charge in [0.2, 0.25) is 0 Å². The highest BCUT2D eigenvalue weighted by Crippen LogP contribution is 2.16. The standard InChI is InChI=1S/C10H13NO3/c1-7-6-8(2-3-9(7)12)4-5-11-10(13)14/h2-3,6,11-12H,4-5H2,1H3,(H,13,14). The van der Waals surface area contributed by atoms with Gasteiger partial charge in [0, 0.05) is 6.54 Å². The monoisotopic (exact) mass is 195 g/mol. The lowest BCUT2D eigenvalue weighted by Crippen LogP contribution is -2.23. The van der Waals surface area contributed by atoms with Crippen molar-refractivity contribution in [2.45, 2.75) is 13.3 Å². The molecule has 4 heteroatoms. The van der Waals surface area contributed by atoms with E-state index in [2.05, 4.69) is 5.32 Å². The quantitative estimate of drug-likeness (QED) is 0.684. The van der Waals surface area contributed by atoms with E-state index in [1.165, 1.54) is 0 Å². The summed E-state index contributed by atoms with van der Waals surface area (Å²) in [5.41, 5.74) is 1.81.